The number of hydrogen-bond donors (Lipinski definition) is 3. The highest BCUT2D eigenvalue weighted by Gasteiger charge is 2.10. The van der Waals surface area contributed by atoms with Crippen LogP contribution in [0.3, 0.4) is 0 Å². The molecule has 2 aromatic rings. The Labute approximate surface area is 139 Å². The maximum atomic E-state index is 12.2. The number of aromatic hydroxyl groups is 1. The minimum atomic E-state index is -0.314. The number of anilines is 1. The van der Waals surface area contributed by atoms with Gasteiger partial charge in [-0.25, -0.2) is 0 Å². The van der Waals surface area contributed by atoms with Gasteiger partial charge >= 0.3 is 0 Å². The smallest absolute Gasteiger partial charge is 0.257 e. The number of phenolic OH excluding ortho intramolecular Hbond substituents is 1. The lowest BCUT2D eigenvalue weighted by Gasteiger charge is -2.11. The zero-order valence-corrected chi connectivity index (χ0v) is 13.7. The van der Waals surface area contributed by atoms with Gasteiger partial charge in [0.2, 0.25) is 0 Å². The van der Waals surface area contributed by atoms with E-state index in [4.69, 9.17) is 23.8 Å². The van der Waals surface area contributed by atoms with Gasteiger partial charge < -0.3 is 10.4 Å². The highest BCUT2D eigenvalue weighted by Crippen LogP contribution is 2.26. The van der Waals surface area contributed by atoms with Gasteiger partial charge in [-0.3, -0.25) is 10.1 Å². The van der Waals surface area contributed by atoms with Crippen molar-refractivity contribution in [3.63, 3.8) is 0 Å². The lowest BCUT2D eigenvalue weighted by molar-refractivity contribution is 0.0977. The van der Waals surface area contributed by atoms with E-state index in [0.29, 0.717) is 16.3 Å². The first-order chi connectivity index (χ1) is 10.3. The number of hydrogen-bond acceptors (Lipinski definition) is 3. The number of benzene rings is 2. The fourth-order valence-corrected chi connectivity index (χ4v) is 2.42. The average molecular weight is 335 g/mol. The van der Waals surface area contributed by atoms with Crippen LogP contribution in [0.25, 0.3) is 0 Å². The Balaban J connectivity index is 2.08. The Kier molecular flexibility index (Phi) is 5.00. The lowest BCUT2D eigenvalue weighted by atomic mass is 10.1. The van der Waals surface area contributed by atoms with Gasteiger partial charge in [0, 0.05) is 10.6 Å². The topological polar surface area (TPSA) is 61.4 Å². The maximum Gasteiger partial charge on any atom is 0.257 e. The molecular formula is C16H15ClN2O2S. The van der Waals surface area contributed by atoms with Crippen molar-refractivity contribution in [1.29, 1.82) is 0 Å². The standard InChI is InChI=1S/C16H15ClN2O2S/c1-9-5-10(2)7-11(6-9)15(21)19-16(22)18-13-8-12(17)3-4-14(13)20/h3-8,20H,1-2H3,(H2,18,19,21,22). The minimum absolute atomic E-state index is 0.00704. The summed E-state index contributed by atoms with van der Waals surface area (Å²) >= 11 is 10.9. The summed E-state index contributed by atoms with van der Waals surface area (Å²) in [6.07, 6.45) is 0. The molecule has 0 aliphatic heterocycles. The van der Waals surface area contributed by atoms with Gasteiger partial charge in [0.25, 0.3) is 5.91 Å². The molecule has 0 bridgehead atoms. The first kappa shape index (κ1) is 16.3. The maximum absolute atomic E-state index is 12.2. The summed E-state index contributed by atoms with van der Waals surface area (Å²) in [6, 6.07) is 10.1. The summed E-state index contributed by atoms with van der Waals surface area (Å²) in [5.74, 6) is -0.321. The minimum Gasteiger partial charge on any atom is -0.506 e. The van der Waals surface area contributed by atoms with Gasteiger partial charge in [-0.15, -0.1) is 0 Å². The van der Waals surface area contributed by atoms with Crippen LogP contribution in [0.1, 0.15) is 21.5 Å². The molecule has 0 unspecified atom stereocenters. The molecule has 0 aromatic heterocycles. The number of amides is 1. The molecule has 2 aromatic carbocycles. The van der Waals surface area contributed by atoms with Crippen LogP contribution < -0.4 is 10.6 Å². The third-order valence-electron chi connectivity index (χ3n) is 2.92. The van der Waals surface area contributed by atoms with Crippen LogP contribution in [0.5, 0.6) is 5.75 Å². The van der Waals surface area contributed by atoms with Crippen molar-refractivity contribution in [2.75, 3.05) is 5.32 Å². The Morgan fingerprint density at radius 3 is 2.41 bits per heavy atom. The van der Waals surface area contributed by atoms with Crippen molar-refractivity contribution >= 4 is 40.5 Å². The molecule has 0 atom stereocenters. The largest absolute Gasteiger partial charge is 0.506 e. The molecule has 3 N–H and O–H groups in total. The van der Waals surface area contributed by atoms with Crippen LogP contribution in [-0.2, 0) is 0 Å². The van der Waals surface area contributed by atoms with Crippen molar-refractivity contribution in [1.82, 2.24) is 5.32 Å². The molecule has 0 radical (unpaired) electrons. The van der Waals surface area contributed by atoms with E-state index in [0.717, 1.165) is 11.1 Å². The van der Waals surface area contributed by atoms with Crippen LogP contribution >= 0.6 is 23.8 Å². The Hall–Kier alpha value is -2.11. The monoisotopic (exact) mass is 334 g/mol. The quantitative estimate of drug-likeness (QED) is 0.577. The van der Waals surface area contributed by atoms with E-state index >= 15 is 0 Å². The summed E-state index contributed by atoms with van der Waals surface area (Å²) < 4.78 is 0. The summed E-state index contributed by atoms with van der Waals surface area (Å²) in [7, 11) is 0. The second kappa shape index (κ2) is 6.77. The van der Waals surface area contributed by atoms with Crippen molar-refractivity contribution in [3.8, 4) is 5.75 Å². The van der Waals surface area contributed by atoms with Crippen molar-refractivity contribution in [3.05, 3.63) is 58.1 Å². The van der Waals surface area contributed by atoms with Gasteiger partial charge in [-0.05, 0) is 56.4 Å². The molecule has 0 spiro atoms. The van der Waals surface area contributed by atoms with E-state index in [-0.39, 0.29) is 16.8 Å². The Bertz CT molecular complexity index is 727. The van der Waals surface area contributed by atoms with E-state index in [2.05, 4.69) is 10.6 Å². The van der Waals surface area contributed by atoms with Crippen molar-refractivity contribution in [2.24, 2.45) is 0 Å². The number of thiocarbonyl (C=S) groups is 1. The highest BCUT2D eigenvalue weighted by molar-refractivity contribution is 7.80. The zero-order chi connectivity index (χ0) is 16.3. The van der Waals surface area contributed by atoms with Crippen LogP contribution in [-0.4, -0.2) is 16.1 Å². The molecule has 22 heavy (non-hydrogen) atoms. The van der Waals surface area contributed by atoms with Gasteiger partial charge in [-0.2, -0.15) is 0 Å². The predicted molar refractivity (Wildman–Crippen MR) is 92.7 cm³/mol. The van der Waals surface area contributed by atoms with E-state index in [1.165, 1.54) is 12.1 Å². The van der Waals surface area contributed by atoms with Crippen molar-refractivity contribution < 1.29 is 9.90 Å². The highest BCUT2D eigenvalue weighted by atomic mass is 35.5. The van der Waals surface area contributed by atoms with Crippen molar-refractivity contribution in [2.45, 2.75) is 13.8 Å². The average Bonchev–Trinajstić information content (AvgIpc) is 2.41. The first-order valence-corrected chi connectivity index (χ1v) is 7.33. The van der Waals surface area contributed by atoms with E-state index < -0.39 is 0 Å². The second-order valence-electron chi connectivity index (χ2n) is 4.95. The van der Waals surface area contributed by atoms with E-state index in [9.17, 15) is 9.90 Å². The molecule has 4 nitrogen and oxygen atoms in total. The zero-order valence-electron chi connectivity index (χ0n) is 12.1. The Morgan fingerprint density at radius 2 is 1.77 bits per heavy atom. The number of halogens is 1. The van der Waals surface area contributed by atoms with Gasteiger partial charge in [0.05, 0.1) is 5.69 Å². The van der Waals surface area contributed by atoms with Gasteiger partial charge in [0.15, 0.2) is 5.11 Å². The fourth-order valence-electron chi connectivity index (χ4n) is 2.04. The molecule has 0 heterocycles. The molecule has 6 heteroatoms. The van der Waals surface area contributed by atoms with Crippen LogP contribution in [0.15, 0.2) is 36.4 Å². The Morgan fingerprint density at radius 1 is 1.14 bits per heavy atom. The molecule has 114 valence electrons. The number of carbonyl (C=O) groups is 1. The summed E-state index contributed by atoms with van der Waals surface area (Å²) in [6.45, 7) is 3.84. The third kappa shape index (κ3) is 4.19. The SMILES string of the molecule is Cc1cc(C)cc(C(=O)NC(=S)Nc2cc(Cl)ccc2O)c1. The number of carbonyl (C=O) groups excluding carboxylic acids is 1. The van der Waals surface area contributed by atoms with Crippen LogP contribution in [0.2, 0.25) is 5.02 Å². The third-order valence-corrected chi connectivity index (χ3v) is 3.36. The molecule has 0 fully saturated rings. The molecule has 2 rings (SSSR count). The number of phenols is 1. The van der Waals surface area contributed by atoms with Gasteiger partial charge in [-0.1, -0.05) is 28.8 Å². The first-order valence-electron chi connectivity index (χ1n) is 6.54. The van der Waals surface area contributed by atoms with Gasteiger partial charge in [0.1, 0.15) is 5.75 Å². The molecule has 0 saturated heterocycles. The van der Waals surface area contributed by atoms with Crippen LogP contribution in [0.4, 0.5) is 5.69 Å². The van der Waals surface area contributed by atoms with E-state index in [1.54, 1.807) is 18.2 Å². The molecule has 0 aliphatic carbocycles. The molecule has 1 amide bonds. The molecule has 0 saturated carbocycles. The lowest BCUT2D eigenvalue weighted by Crippen LogP contribution is -2.34. The normalized spacial score (nSPS) is 10.1. The predicted octanol–water partition coefficient (Wildman–Crippen LogP) is 3.79. The summed E-state index contributed by atoms with van der Waals surface area (Å²) in [5, 5.41) is 15.6. The second-order valence-corrected chi connectivity index (χ2v) is 5.79. The number of rotatable bonds is 2. The molecular weight excluding hydrogens is 320 g/mol. The fraction of sp³-hybridized carbons (Fsp3) is 0.125. The molecule has 0 aliphatic rings. The summed E-state index contributed by atoms with van der Waals surface area (Å²) in [5.41, 5.74) is 2.85. The van der Waals surface area contributed by atoms with E-state index in [1.807, 2.05) is 19.9 Å². The number of aryl methyl sites for hydroxylation is 2. The number of nitrogens with one attached hydrogen (secondary N) is 2. The summed E-state index contributed by atoms with van der Waals surface area (Å²) in [4.78, 5) is 12.2. The van der Waals surface area contributed by atoms with Crippen LogP contribution in [0, 0.1) is 13.8 Å².